The zero-order valence-electron chi connectivity index (χ0n) is 8.95. The Morgan fingerprint density at radius 3 is 2.29 bits per heavy atom. The average molecular weight is 194 g/mol. The molecule has 0 saturated heterocycles. The van der Waals surface area contributed by atoms with E-state index in [-0.39, 0.29) is 0 Å². The molecule has 2 nitrogen and oxygen atoms in total. The van der Waals surface area contributed by atoms with Gasteiger partial charge in [0.25, 0.3) is 0 Å². The van der Waals surface area contributed by atoms with Gasteiger partial charge in [0.15, 0.2) is 0 Å². The summed E-state index contributed by atoms with van der Waals surface area (Å²) < 4.78 is 10.5. The number of hydrogen-bond donors (Lipinski definition) is 0. The molecule has 1 aromatic carbocycles. The first-order valence-corrected chi connectivity index (χ1v) is 5.01. The third kappa shape index (κ3) is 4.28. The minimum absolute atomic E-state index is 0.770. The van der Waals surface area contributed by atoms with E-state index >= 15 is 0 Å². The number of benzene rings is 1. The number of ether oxygens (including phenoxy) is 2. The number of hydrogen-bond acceptors (Lipinski definition) is 2. The van der Waals surface area contributed by atoms with Crippen LogP contribution < -0.4 is 4.74 Å². The normalized spacial score (nSPS) is 10.1. The molecule has 0 fully saturated rings. The van der Waals surface area contributed by atoms with Crippen molar-refractivity contribution < 1.29 is 9.47 Å². The minimum atomic E-state index is 0.770. The van der Waals surface area contributed by atoms with E-state index in [9.17, 15) is 0 Å². The molecule has 0 N–H and O–H groups in total. The maximum absolute atomic E-state index is 5.55. The van der Waals surface area contributed by atoms with Gasteiger partial charge in [0.05, 0.1) is 6.61 Å². The molecule has 0 radical (unpaired) electrons. The molecular formula is C12H18O2. The molecule has 1 rings (SSSR count). The highest BCUT2D eigenvalue weighted by Crippen LogP contribution is 2.11. The summed E-state index contributed by atoms with van der Waals surface area (Å²) in [7, 11) is 1.72. The molecule has 1 aromatic rings. The van der Waals surface area contributed by atoms with E-state index in [4.69, 9.17) is 9.47 Å². The molecule has 78 valence electrons. The lowest BCUT2D eigenvalue weighted by Gasteiger charge is -2.05. The van der Waals surface area contributed by atoms with Crippen LogP contribution in [0.1, 0.15) is 18.4 Å². The topological polar surface area (TPSA) is 18.5 Å². The first-order chi connectivity index (χ1) is 6.83. The lowest BCUT2D eigenvalue weighted by Crippen LogP contribution is -1.99. The van der Waals surface area contributed by atoms with Crippen molar-refractivity contribution in [2.75, 3.05) is 20.3 Å². The predicted molar refractivity (Wildman–Crippen MR) is 57.8 cm³/mol. The summed E-state index contributed by atoms with van der Waals surface area (Å²) in [5, 5.41) is 0. The summed E-state index contributed by atoms with van der Waals surface area (Å²) in [4.78, 5) is 0. The van der Waals surface area contributed by atoms with Gasteiger partial charge in [-0.15, -0.1) is 0 Å². The van der Waals surface area contributed by atoms with Gasteiger partial charge in [-0.3, -0.25) is 0 Å². The fourth-order valence-electron chi connectivity index (χ4n) is 1.17. The van der Waals surface area contributed by atoms with E-state index in [1.807, 2.05) is 12.1 Å². The van der Waals surface area contributed by atoms with Crippen molar-refractivity contribution in [3.8, 4) is 5.75 Å². The van der Waals surface area contributed by atoms with Gasteiger partial charge in [-0.25, -0.2) is 0 Å². The Hall–Kier alpha value is -1.02. The SMILES string of the molecule is COCCCCOc1ccc(C)cc1. The molecular weight excluding hydrogens is 176 g/mol. The molecule has 0 saturated carbocycles. The van der Waals surface area contributed by atoms with Gasteiger partial charge in [-0.1, -0.05) is 17.7 Å². The molecule has 0 bridgehead atoms. The molecule has 0 atom stereocenters. The Morgan fingerprint density at radius 2 is 1.64 bits per heavy atom. The second-order valence-electron chi connectivity index (χ2n) is 3.36. The van der Waals surface area contributed by atoms with Gasteiger partial charge < -0.3 is 9.47 Å². The summed E-state index contributed by atoms with van der Waals surface area (Å²) in [5.41, 5.74) is 1.26. The van der Waals surface area contributed by atoms with Crippen LogP contribution in [0.3, 0.4) is 0 Å². The van der Waals surface area contributed by atoms with E-state index in [1.165, 1.54) is 5.56 Å². The predicted octanol–water partition coefficient (Wildman–Crippen LogP) is 2.80. The Labute approximate surface area is 85.8 Å². The molecule has 0 heterocycles. The van der Waals surface area contributed by atoms with Gasteiger partial charge in [0.2, 0.25) is 0 Å². The third-order valence-corrected chi connectivity index (χ3v) is 2.03. The van der Waals surface area contributed by atoms with E-state index in [0.717, 1.165) is 31.8 Å². The van der Waals surface area contributed by atoms with Gasteiger partial charge in [-0.05, 0) is 31.9 Å². The van der Waals surface area contributed by atoms with Crippen LogP contribution in [0.5, 0.6) is 5.75 Å². The minimum Gasteiger partial charge on any atom is -0.494 e. The van der Waals surface area contributed by atoms with E-state index < -0.39 is 0 Å². The Kier molecular flexibility index (Phi) is 5.08. The summed E-state index contributed by atoms with van der Waals surface area (Å²) in [6, 6.07) is 8.13. The van der Waals surface area contributed by atoms with Gasteiger partial charge in [0.1, 0.15) is 5.75 Å². The number of rotatable bonds is 6. The van der Waals surface area contributed by atoms with E-state index in [0.29, 0.717) is 0 Å². The Morgan fingerprint density at radius 1 is 1.00 bits per heavy atom. The molecule has 0 aromatic heterocycles. The molecule has 14 heavy (non-hydrogen) atoms. The second kappa shape index (κ2) is 6.44. The lowest BCUT2D eigenvalue weighted by molar-refractivity contribution is 0.184. The van der Waals surface area contributed by atoms with Crippen LogP contribution in [0.15, 0.2) is 24.3 Å². The van der Waals surface area contributed by atoms with Crippen LogP contribution in [0.2, 0.25) is 0 Å². The molecule has 0 unspecified atom stereocenters. The number of aryl methyl sites for hydroxylation is 1. The van der Waals surface area contributed by atoms with Crippen LogP contribution in [0, 0.1) is 6.92 Å². The van der Waals surface area contributed by atoms with Crippen molar-refractivity contribution in [2.45, 2.75) is 19.8 Å². The van der Waals surface area contributed by atoms with E-state index in [2.05, 4.69) is 19.1 Å². The first-order valence-electron chi connectivity index (χ1n) is 5.01. The van der Waals surface area contributed by atoms with Crippen molar-refractivity contribution in [3.63, 3.8) is 0 Å². The highest BCUT2D eigenvalue weighted by atomic mass is 16.5. The number of unbranched alkanes of at least 4 members (excludes halogenated alkanes) is 1. The van der Waals surface area contributed by atoms with E-state index in [1.54, 1.807) is 7.11 Å². The molecule has 0 aliphatic heterocycles. The smallest absolute Gasteiger partial charge is 0.119 e. The summed E-state index contributed by atoms with van der Waals surface area (Å²) in [5.74, 6) is 0.952. The zero-order valence-corrected chi connectivity index (χ0v) is 8.95. The molecule has 0 aliphatic rings. The van der Waals surface area contributed by atoms with Crippen LogP contribution in [-0.2, 0) is 4.74 Å². The van der Waals surface area contributed by atoms with Crippen LogP contribution in [0.4, 0.5) is 0 Å². The van der Waals surface area contributed by atoms with Crippen molar-refractivity contribution in [1.82, 2.24) is 0 Å². The highest BCUT2D eigenvalue weighted by molar-refractivity contribution is 5.26. The monoisotopic (exact) mass is 194 g/mol. The molecule has 0 spiro atoms. The lowest BCUT2D eigenvalue weighted by atomic mass is 10.2. The fraction of sp³-hybridized carbons (Fsp3) is 0.500. The fourth-order valence-corrected chi connectivity index (χ4v) is 1.17. The van der Waals surface area contributed by atoms with Crippen molar-refractivity contribution in [3.05, 3.63) is 29.8 Å². The van der Waals surface area contributed by atoms with Gasteiger partial charge >= 0.3 is 0 Å². The van der Waals surface area contributed by atoms with Crippen molar-refractivity contribution in [2.24, 2.45) is 0 Å². The highest BCUT2D eigenvalue weighted by Gasteiger charge is 1.92. The van der Waals surface area contributed by atoms with Crippen LogP contribution >= 0.6 is 0 Å². The third-order valence-electron chi connectivity index (χ3n) is 2.03. The molecule has 0 amide bonds. The van der Waals surface area contributed by atoms with Crippen LogP contribution in [0.25, 0.3) is 0 Å². The molecule has 2 heteroatoms. The van der Waals surface area contributed by atoms with Gasteiger partial charge in [-0.2, -0.15) is 0 Å². The summed E-state index contributed by atoms with van der Waals surface area (Å²) >= 11 is 0. The Bertz CT molecular complexity index is 241. The molecule has 0 aliphatic carbocycles. The number of methoxy groups -OCH3 is 1. The van der Waals surface area contributed by atoms with Crippen LogP contribution in [-0.4, -0.2) is 20.3 Å². The van der Waals surface area contributed by atoms with Crippen molar-refractivity contribution in [1.29, 1.82) is 0 Å². The average Bonchev–Trinajstić information content (AvgIpc) is 2.21. The maximum Gasteiger partial charge on any atom is 0.119 e. The first kappa shape index (κ1) is 11.1. The van der Waals surface area contributed by atoms with Crippen molar-refractivity contribution >= 4 is 0 Å². The summed E-state index contributed by atoms with van der Waals surface area (Å²) in [6.07, 6.45) is 2.10. The standard InChI is InChI=1S/C12H18O2/c1-11-5-7-12(8-6-11)14-10-4-3-9-13-2/h5-8H,3-4,9-10H2,1-2H3. The quantitative estimate of drug-likeness (QED) is 0.648. The van der Waals surface area contributed by atoms with Gasteiger partial charge in [0, 0.05) is 13.7 Å². The summed E-state index contributed by atoms with van der Waals surface area (Å²) in [6.45, 7) is 3.66. The Balaban J connectivity index is 2.15. The second-order valence-corrected chi connectivity index (χ2v) is 3.36. The maximum atomic E-state index is 5.55. The largest absolute Gasteiger partial charge is 0.494 e. The zero-order chi connectivity index (χ0) is 10.2.